The summed E-state index contributed by atoms with van der Waals surface area (Å²) >= 11 is 0. The summed E-state index contributed by atoms with van der Waals surface area (Å²) in [4.78, 5) is 27.9. The van der Waals surface area contributed by atoms with Crippen molar-refractivity contribution in [3.05, 3.63) is 59.9 Å². The molecule has 108 valence electrons. The van der Waals surface area contributed by atoms with Crippen LogP contribution in [0.1, 0.15) is 27.6 Å². The van der Waals surface area contributed by atoms with Crippen molar-refractivity contribution in [1.82, 2.24) is 4.98 Å². The highest BCUT2D eigenvalue weighted by Gasteiger charge is 2.20. The molecule has 0 aliphatic heterocycles. The van der Waals surface area contributed by atoms with Crippen molar-refractivity contribution in [2.75, 3.05) is 7.11 Å². The molecule has 0 spiro atoms. The van der Waals surface area contributed by atoms with E-state index in [-0.39, 0.29) is 5.78 Å². The van der Waals surface area contributed by atoms with E-state index < -0.39 is 12.1 Å². The molecule has 0 aliphatic carbocycles. The minimum absolute atomic E-state index is 0.264. The smallest absolute Gasteiger partial charge is 0.338 e. The third kappa shape index (κ3) is 3.66. The Bertz CT molecular complexity index is 622. The Kier molecular flexibility index (Phi) is 4.66. The molecule has 21 heavy (non-hydrogen) atoms. The number of hydrogen-bond acceptors (Lipinski definition) is 5. The number of methoxy groups -OCH3 is 1. The Labute approximate surface area is 122 Å². The third-order valence-corrected chi connectivity index (χ3v) is 2.94. The number of hydrogen-bond donors (Lipinski definition) is 0. The highest BCUT2D eigenvalue weighted by Crippen LogP contribution is 2.14. The minimum atomic E-state index is -0.862. The fraction of sp³-hybridized carbons (Fsp3) is 0.188. The summed E-state index contributed by atoms with van der Waals surface area (Å²) in [5, 5.41) is 0. The largest absolute Gasteiger partial charge is 0.497 e. The predicted octanol–water partition coefficient (Wildman–Crippen LogP) is 2.52. The second-order valence-electron chi connectivity index (χ2n) is 4.38. The van der Waals surface area contributed by atoms with Gasteiger partial charge < -0.3 is 9.47 Å². The zero-order valence-corrected chi connectivity index (χ0v) is 11.8. The fourth-order valence-electron chi connectivity index (χ4n) is 1.76. The molecule has 0 bridgehead atoms. The van der Waals surface area contributed by atoms with Gasteiger partial charge in [-0.2, -0.15) is 0 Å². The van der Waals surface area contributed by atoms with Gasteiger partial charge >= 0.3 is 5.97 Å². The van der Waals surface area contributed by atoms with E-state index in [1.165, 1.54) is 24.5 Å². The number of benzene rings is 1. The number of carbonyl (C=O) groups is 2. The predicted molar refractivity (Wildman–Crippen MR) is 76.4 cm³/mol. The van der Waals surface area contributed by atoms with Gasteiger partial charge in [-0.25, -0.2) is 4.79 Å². The average molecular weight is 285 g/mol. The van der Waals surface area contributed by atoms with Gasteiger partial charge in [0.25, 0.3) is 0 Å². The number of aromatic nitrogens is 1. The first kappa shape index (κ1) is 14.7. The first-order valence-electron chi connectivity index (χ1n) is 6.41. The summed E-state index contributed by atoms with van der Waals surface area (Å²) in [5.74, 6) is -0.153. The van der Waals surface area contributed by atoms with Gasteiger partial charge in [0.05, 0.1) is 12.7 Å². The number of nitrogens with zero attached hydrogens (tertiary/aromatic N) is 1. The maximum atomic E-state index is 12.2. The summed E-state index contributed by atoms with van der Waals surface area (Å²) in [7, 11) is 1.55. The fourth-order valence-corrected chi connectivity index (χ4v) is 1.76. The van der Waals surface area contributed by atoms with Crippen LogP contribution in [0.25, 0.3) is 0 Å². The van der Waals surface area contributed by atoms with Gasteiger partial charge in [-0.05, 0) is 43.3 Å². The molecular weight excluding hydrogens is 270 g/mol. The lowest BCUT2D eigenvalue weighted by Crippen LogP contribution is -2.24. The number of Topliss-reactive ketones (excluding diaryl/α,β-unsaturated/α-hetero) is 1. The van der Waals surface area contributed by atoms with Crippen LogP contribution in [0.4, 0.5) is 0 Å². The molecule has 0 amide bonds. The van der Waals surface area contributed by atoms with E-state index in [2.05, 4.69) is 4.98 Å². The minimum Gasteiger partial charge on any atom is -0.497 e. The maximum absolute atomic E-state index is 12.2. The van der Waals surface area contributed by atoms with Crippen LogP contribution in [-0.4, -0.2) is 30.0 Å². The molecule has 5 heteroatoms. The van der Waals surface area contributed by atoms with Crippen LogP contribution < -0.4 is 4.74 Å². The Hall–Kier alpha value is -2.69. The number of ether oxygens (including phenoxy) is 2. The van der Waals surface area contributed by atoms with Crippen LogP contribution in [0.3, 0.4) is 0 Å². The zero-order chi connectivity index (χ0) is 15.2. The standard InChI is InChI=1S/C16H15NO4/c1-11(21-16(19)13-7-9-17-10-8-13)15(18)12-3-5-14(20-2)6-4-12/h3-11H,1-2H3. The number of rotatable bonds is 5. The van der Waals surface area contributed by atoms with Crippen LogP contribution in [0.5, 0.6) is 5.75 Å². The van der Waals surface area contributed by atoms with E-state index in [4.69, 9.17) is 9.47 Å². The molecule has 0 saturated heterocycles. The van der Waals surface area contributed by atoms with Gasteiger partial charge in [-0.3, -0.25) is 9.78 Å². The van der Waals surface area contributed by atoms with E-state index in [9.17, 15) is 9.59 Å². The van der Waals surface area contributed by atoms with E-state index >= 15 is 0 Å². The molecule has 1 atom stereocenters. The topological polar surface area (TPSA) is 65.5 Å². The van der Waals surface area contributed by atoms with Gasteiger partial charge in [0, 0.05) is 18.0 Å². The Morgan fingerprint density at radius 1 is 1.00 bits per heavy atom. The van der Waals surface area contributed by atoms with E-state index in [1.807, 2.05) is 0 Å². The molecule has 1 heterocycles. The summed E-state index contributed by atoms with van der Waals surface area (Å²) in [6.45, 7) is 1.55. The summed E-state index contributed by atoms with van der Waals surface area (Å²) in [5.41, 5.74) is 0.824. The van der Waals surface area contributed by atoms with Crippen molar-refractivity contribution in [1.29, 1.82) is 0 Å². The van der Waals surface area contributed by atoms with E-state index in [1.54, 1.807) is 38.3 Å². The summed E-state index contributed by atoms with van der Waals surface area (Å²) in [6.07, 6.45) is 2.12. The van der Waals surface area contributed by atoms with Crippen molar-refractivity contribution in [3.63, 3.8) is 0 Å². The molecule has 1 aromatic heterocycles. The second-order valence-corrected chi connectivity index (χ2v) is 4.38. The van der Waals surface area contributed by atoms with Crippen LogP contribution in [0, 0.1) is 0 Å². The lowest BCUT2D eigenvalue weighted by molar-refractivity contribution is 0.0318. The number of pyridine rings is 1. The molecule has 0 N–H and O–H groups in total. The van der Waals surface area contributed by atoms with Gasteiger partial charge in [0.1, 0.15) is 5.75 Å². The highest BCUT2D eigenvalue weighted by atomic mass is 16.5. The molecular formula is C16H15NO4. The van der Waals surface area contributed by atoms with Crippen LogP contribution in [0.15, 0.2) is 48.8 Å². The van der Waals surface area contributed by atoms with Gasteiger partial charge in [-0.15, -0.1) is 0 Å². The Morgan fingerprint density at radius 3 is 2.19 bits per heavy atom. The Morgan fingerprint density at radius 2 is 1.62 bits per heavy atom. The maximum Gasteiger partial charge on any atom is 0.338 e. The zero-order valence-electron chi connectivity index (χ0n) is 11.8. The van der Waals surface area contributed by atoms with Crippen molar-refractivity contribution in [3.8, 4) is 5.75 Å². The molecule has 2 rings (SSSR count). The highest BCUT2D eigenvalue weighted by molar-refractivity contribution is 6.01. The van der Waals surface area contributed by atoms with Crippen LogP contribution >= 0.6 is 0 Å². The van der Waals surface area contributed by atoms with Crippen LogP contribution in [0.2, 0.25) is 0 Å². The second kappa shape index (κ2) is 6.65. The molecule has 1 aromatic carbocycles. The molecule has 0 saturated carbocycles. The Balaban J connectivity index is 2.03. The average Bonchev–Trinajstić information content (AvgIpc) is 2.55. The normalized spacial score (nSPS) is 11.5. The first-order chi connectivity index (χ1) is 10.1. The van der Waals surface area contributed by atoms with Gasteiger partial charge in [0.15, 0.2) is 6.10 Å². The molecule has 2 aromatic rings. The summed E-state index contributed by atoms with van der Waals surface area (Å²) < 4.78 is 10.2. The first-order valence-corrected chi connectivity index (χ1v) is 6.41. The van der Waals surface area contributed by atoms with Gasteiger partial charge in [-0.1, -0.05) is 0 Å². The number of ketones is 1. The monoisotopic (exact) mass is 285 g/mol. The third-order valence-electron chi connectivity index (χ3n) is 2.94. The molecule has 5 nitrogen and oxygen atoms in total. The van der Waals surface area contributed by atoms with Crippen molar-refractivity contribution in [2.24, 2.45) is 0 Å². The van der Waals surface area contributed by atoms with Crippen LogP contribution in [-0.2, 0) is 4.74 Å². The van der Waals surface area contributed by atoms with E-state index in [0.29, 0.717) is 16.9 Å². The number of esters is 1. The molecule has 0 aliphatic rings. The lowest BCUT2D eigenvalue weighted by atomic mass is 10.1. The van der Waals surface area contributed by atoms with E-state index in [0.717, 1.165) is 0 Å². The molecule has 0 radical (unpaired) electrons. The number of carbonyl (C=O) groups excluding carboxylic acids is 2. The molecule has 1 unspecified atom stereocenters. The van der Waals surface area contributed by atoms with Gasteiger partial charge in [0.2, 0.25) is 5.78 Å². The quantitative estimate of drug-likeness (QED) is 0.624. The van der Waals surface area contributed by atoms with Crippen molar-refractivity contribution in [2.45, 2.75) is 13.0 Å². The SMILES string of the molecule is COc1ccc(C(=O)C(C)OC(=O)c2ccncc2)cc1. The molecule has 0 fully saturated rings. The lowest BCUT2D eigenvalue weighted by Gasteiger charge is -2.12. The van der Waals surface area contributed by atoms with Crippen molar-refractivity contribution >= 4 is 11.8 Å². The van der Waals surface area contributed by atoms with Crippen molar-refractivity contribution < 1.29 is 19.1 Å². The summed E-state index contributed by atoms with van der Waals surface area (Å²) in [6, 6.07) is 9.71.